The van der Waals surface area contributed by atoms with Crippen LogP contribution in [0.3, 0.4) is 0 Å². The molecular formula is C16H23N3O2. The predicted octanol–water partition coefficient (Wildman–Crippen LogP) is 2.25. The molecule has 0 aliphatic heterocycles. The number of rotatable bonds is 8. The van der Waals surface area contributed by atoms with Crippen LogP contribution in [0.4, 0.5) is 0 Å². The topological polar surface area (TPSA) is 62.3 Å². The van der Waals surface area contributed by atoms with E-state index >= 15 is 0 Å². The summed E-state index contributed by atoms with van der Waals surface area (Å²) in [5, 5.41) is 0. The Morgan fingerprint density at radius 3 is 2.86 bits per heavy atom. The number of aromatic nitrogens is 2. The van der Waals surface area contributed by atoms with E-state index in [1.165, 1.54) is 5.56 Å². The lowest BCUT2D eigenvalue weighted by Gasteiger charge is -2.14. The zero-order valence-electron chi connectivity index (χ0n) is 12.7. The fourth-order valence-electron chi connectivity index (χ4n) is 2.09. The normalized spacial score (nSPS) is 12.1. The van der Waals surface area contributed by atoms with Gasteiger partial charge < -0.3 is 19.8 Å². The number of ether oxygens (including phenoxy) is 2. The van der Waals surface area contributed by atoms with Gasteiger partial charge in [0, 0.05) is 18.4 Å². The van der Waals surface area contributed by atoms with Gasteiger partial charge in [-0.05, 0) is 30.5 Å². The molecule has 5 heteroatoms. The summed E-state index contributed by atoms with van der Waals surface area (Å²) >= 11 is 0. The minimum atomic E-state index is 0.178. The highest BCUT2D eigenvalue weighted by molar-refractivity contribution is 5.43. The Morgan fingerprint density at radius 1 is 1.33 bits per heavy atom. The van der Waals surface area contributed by atoms with E-state index in [2.05, 4.69) is 11.9 Å². The lowest BCUT2D eigenvalue weighted by atomic mass is 10.0. The molecule has 1 aromatic carbocycles. The number of methoxy groups -OCH3 is 1. The average molecular weight is 289 g/mol. The Bertz CT molecular complexity index is 540. The molecule has 1 unspecified atom stereocenters. The molecule has 1 aromatic heterocycles. The van der Waals surface area contributed by atoms with Crippen molar-refractivity contribution in [1.29, 1.82) is 0 Å². The number of imidazole rings is 1. The van der Waals surface area contributed by atoms with Crippen molar-refractivity contribution < 1.29 is 9.47 Å². The lowest BCUT2D eigenvalue weighted by Crippen LogP contribution is -2.21. The summed E-state index contributed by atoms with van der Waals surface area (Å²) in [5.74, 6) is 1.51. The van der Waals surface area contributed by atoms with E-state index in [4.69, 9.17) is 15.2 Å². The first-order chi connectivity index (χ1) is 10.2. The van der Waals surface area contributed by atoms with Gasteiger partial charge in [-0.1, -0.05) is 13.0 Å². The molecule has 0 aliphatic carbocycles. The summed E-state index contributed by atoms with van der Waals surface area (Å²) in [5.41, 5.74) is 7.18. The van der Waals surface area contributed by atoms with Gasteiger partial charge in [0.05, 0.1) is 20.0 Å². The van der Waals surface area contributed by atoms with Crippen molar-refractivity contribution in [3.63, 3.8) is 0 Å². The van der Waals surface area contributed by atoms with E-state index in [-0.39, 0.29) is 6.04 Å². The Hall–Kier alpha value is -2.01. The van der Waals surface area contributed by atoms with Gasteiger partial charge in [0.25, 0.3) is 0 Å². The van der Waals surface area contributed by atoms with Crippen molar-refractivity contribution >= 4 is 0 Å². The molecule has 114 valence electrons. The van der Waals surface area contributed by atoms with Crippen molar-refractivity contribution in [2.45, 2.75) is 32.4 Å². The zero-order chi connectivity index (χ0) is 15.1. The fourth-order valence-corrected chi connectivity index (χ4v) is 2.09. The van der Waals surface area contributed by atoms with Crippen molar-refractivity contribution in [1.82, 2.24) is 9.55 Å². The summed E-state index contributed by atoms with van der Waals surface area (Å²) < 4.78 is 13.2. The highest BCUT2D eigenvalue weighted by atomic mass is 16.5. The van der Waals surface area contributed by atoms with Crippen molar-refractivity contribution in [3.8, 4) is 11.5 Å². The molecule has 5 nitrogen and oxygen atoms in total. The molecule has 2 aromatic rings. The van der Waals surface area contributed by atoms with Crippen molar-refractivity contribution in [2.75, 3.05) is 13.7 Å². The first-order valence-electron chi connectivity index (χ1n) is 7.24. The van der Waals surface area contributed by atoms with Gasteiger partial charge in [0.15, 0.2) is 11.5 Å². The van der Waals surface area contributed by atoms with Gasteiger partial charge in [0.1, 0.15) is 6.61 Å². The van der Waals surface area contributed by atoms with Gasteiger partial charge in [-0.15, -0.1) is 0 Å². The van der Waals surface area contributed by atoms with Gasteiger partial charge in [-0.3, -0.25) is 0 Å². The van der Waals surface area contributed by atoms with E-state index in [0.29, 0.717) is 6.61 Å². The van der Waals surface area contributed by atoms with Crippen LogP contribution in [0.1, 0.15) is 18.9 Å². The third kappa shape index (κ3) is 4.49. The molecule has 0 spiro atoms. The second-order valence-electron chi connectivity index (χ2n) is 5.01. The number of nitrogens with two attached hydrogens (primary N) is 1. The lowest BCUT2D eigenvalue weighted by molar-refractivity contribution is 0.279. The predicted molar refractivity (Wildman–Crippen MR) is 82.7 cm³/mol. The van der Waals surface area contributed by atoms with Gasteiger partial charge in [0.2, 0.25) is 0 Å². The van der Waals surface area contributed by atoms with Crippen LogP contribution < -0.4 is 15.2 Å². The maximum atomic E-state index is 6.01. The molecule has 1 heterocycles. The monoisotopic (exact) mass is 289 g/mol. The smallest absolute Gasteiger partial charge is 0.161 e. The SMILES string of the molecule is CCC(N)Cc1ccc(OC)c(OCCn2ccnc2)c1. The molecule has 2 N–H and O–H groups in total. The van der Waals surface area contributed by atoms with Crippen LogP contribution in [0.15, 0.2) is 36.9 Å². The number of hydrogen-bond donors (Lipinski definition) is 1. The third-order valence-corrected chi connectivity index (χ3v) is 3.42. The third-order valence-electron chi connectivity index (χ3n) is 3.42. The second kappa shape index (κ2) is 7.69. The van der Waals surface area contributed by atoms with E-state index in [1.807, 2.05) is 29.0 Å². The van der Waals surface area contributed by atoms with E-state index in [1.54, 1.807) is 19.6 Å². The Kier molecular flexibility index (Phi) is 5.63. The maximum absolute atomic E-state index is 6.01. The number of benzene rings is 1. The van der Waals surface area contributed by atoms with Gasteiger partial charge >= 0.3 is 0 Å². The number of nitrogens with zero attached hydrogens (tertiary/aromatic N) is 2. The summed E-state index contributed by atoms with van der Waals surface area (Å²) in [6.07, 6.45) is 7.25. The summed E-state index contributed by atoms with van der Waals surface area (Å²) in [7, 11) is 1.65. The molecule has 0 saturated heterocycles. The van der Waals surface area contributed by atoms with Crippen LogP contribution in [0.2, 0.25) is 0 Å². The largest absolute Gasteiger partial charge is 0.493 e. The molecule has 0 saturated carbocycles. The molecule has 1 atom stereocenters. The summed E-state index contributed by atoms with van der Waals surface area (Å²) in [6, 6.07) is 6.17. The quantitative estimate of drug-likeness (QED) is 0.809. The molecular weight excluding hydrogens is 266 g/mol. The van der Waals surface area contributed by atoms with Crippen molar-refractivity contribution in [3.05, 3.63) is 42.5 Å². The molecule has 0 aliphatic rings. The minimum absolute atomic E-state index is 0.178. The summed E-state index contributed by atoms with van der Waals surface area (Å²) in [6.45, 7) is 3.41. The van der Waals surface area contributed by atoms with Crippen LogP contribution in [0, 0.1) is 0 Å². The highest BCUT2D eigenvalue weighted by Crippen LogP contribution is 2.28. The van der Waals surface area contributed by atoms with E-state index < -0.39 is 0 Å². The van der Waals surface area contributed by atoms with E-state index in [9.17, 15) is 0 Å². The van der Waals surface area contributed by atoms with Crippen molar-refractivity contribution in [2.24, 2.45) is 5.73 Å². The maximum Gasteiger partial charge on any atom is 0.161 e. The molecule has 2 rings (SSSR count). The standard InChI is InChI=1S/C16H23N3O2/c1-3-14(17)10-13-4-5-15(20-2)16(11-13)21-9-8-19-7-6-18-12-19/h4-7,11-12,14H,3,8-10,17H2,1-2H3. The van der Waals surface area contributed by atoms with Crippen LogP contribution in [0.5, 0.6) is 11.5 Å². The van der Waals surface area contributed by atoms with E-state index in [0.717, 1.165) is 30.9 Å². The Balaban J connectivity index is 1.99. The highest BCUT2D eigenvalue weighted by Gasteiger charge is 2.08. The van der Waals surface area contributed by atoms with Crippen LogP contribution in [0.25, 0.3) is 0 Å². The Labute approximate surface area is 125 Å². The molecule has 0 bridgehead atoms. The average Bonchev–Trinajstić information content (AvgIpc) is 3.01. The minimum Gasteiger partial charge on any atom is -0.493 e. The van der Waals surface area contributed by atoms with Crippen LogP contribution >= 0.6 is 0 Å². The van der Waals surface area contributed by atoms with Crippen LogP contribution in [-0.4, -0.2) is 29.3 Å². The van der Waals surface area contributed by atoms with Gasteiger partial charge in [-0.2, -0.15) is 0 Å². The second-order valence-corrected chi connectivity index (χ2v) is 5.01. The summed E-state index contributed by atoms with van der Waals surface area (Å²) in [4.78, 5) is 4.01. The zero-order valence-corrected chi connectivity index (χ0v) is 12.7. The molecule has 21 heavy (non-hydrogen) atoms. The first-order valence-corrected chi connectivity index (χ1v) is 7.24. The molecule has 0 fully saturated rings. The van der Waals surface area contributed by atoms with Crippen LogP contribution in [-0.2, 0) is 13.0 Å². The fraction of sp³-hybridized carbons (Fsp3) is 0.438. The molecule has 0 amide bonds. The molecule has 0 radical (unpaired) electrons. The Morgan fingerprint density at radius 2 is 2.19 bits per heavy atom. The number of hydrogen-bond acceptors (Lipinski definition) is 4. The first kappa shape index (κ1) is 15.4. The van der Waals surface area contributed by atoms with Gasteiger partial charge in [-0.25, -0.2) is 4.98 Å².